The van der Waals surface area contributed by atoms with Gasteiger partial charge in [-0.1, -0.05) is 30.3 Å². The van der Waals surface area contributed by atoms with E-state index in [0.717, 1.165) is 16.8 Å². The molecule has 1 heterocycles. The molecule has 2 aromatic rings. The van der Waals surface area contributed by atoms with Gasteiger partial charge >= 0.3 is 0 Å². The number of likely N-dealkylation sites (N-methyl/N-ethyl adjacent to an activating group) is 1. The van der Waals surface area contributed by atoms with Crippen LogP contribution in [0.1, 0.15) is 17.5 Å². The summed E-state index contributed by atoms with van der Waals surface area (Å²) in [5, 5.41) is 2.85. The summed E-state index contributed by atoms with van der Waals surface area (Å²) in [4.78, 5) is 40.1. The molecule has 1 aliphatic rings. The van der Waals surface area contributed by atoms with Gasteiger partial charge < -0.3 is 15.1 Å². The molecule has 0 spiro atoms. The van der Waals surface area contributed by atoms with E-state index in [1.165, 1.54) is 29.0 Å². The zero-order valence-electron chi connectivity index (χ0n) is 16.7. The van der Waals surface area contributed by atoms with Crippen molar-refractivity contribution >= 4 is 29.1 Å². The van der Waals surface area contributed by atoms with Gasteiger partial charge in [-0.2, -0.15) is 0 Å². The third kappa shape index (κ3) is 4.45. The van der Waals surface area contributed by atoms with E-state index in [0.29, 0.717) is 0 Å². The van der Waals surface area contributed by atoms with E-state index in [1.54, 1.807) is 12.1 Å². The van der Waals surface area contributed by atoms with Crippen molar-refractivity contribution < 1.29 is 18.8 Å². The maximum absolute atomic E-state index is 14.0. The fraction of sp³-hybridized carbons (Fsp3) is 0.318. The van der Waals surface area contributed by atoms with Crippen LogP contribution in [0.25, 0.3) is 0 Å². The van der Waals surface area contributed by atoms with Crippen LogP contribution in [0.4, 0.5) is 15.8 Å². The highest BCUT2D eigenvalue weighted by molar-refractivity contribution is 6.01. The van der Waals surface area contributed by atoms with Gasteiger partial charge in [0.2, 0.25) is 17.7 Å². The Kier molecular flexibility index (Phi) is 5.96. The van der Waals surface area contributed by atoms with Crippen molar-refractivity contribution in [3.05, 3.63) is 59.4 Å². The summed E-state index contributed by atoms with van der Waals surface area (Å²) in [7, 11) is 1.53. The van der Waals surface area contributed by atoms with Crippen molar-refractivity contribution in [1.29, 1.82) is 0 Å². The molecule has 3 amide bonds. The number of halogens is 1. The molecule has 3 rings (SSSR count). The summed E-state index contributed by atoms with van der Waals surface area (Å²) < 4.78 is 14.0. The quantitative estimate of drug-likeness (QED) is 0.844. The van der Waals surface area contributed by atoms with Gasteiger partial charge in [-0.05, 0) is 37.1 Å². The van der Waals surface area contributed by atoms with Crippen molar-refractivity contribution in [2.24, 2.45) is 5.92 Å². The minimum Gasteiger partial charge on any atom is -0.336 e. The largest absolute Gasteiger partial charge is 0.336 e. The Bertz CT molecular complexity index is 940. The highest BCUT2D eigenvalue weighted by Gasteiger charge is 2.37. The highest BCUT2D eigenvalue weighted by Crippen LogP contribution is 2.28. The monoisotopic (exact) mass is 397 g/mol. The second kappa shape index (κ2) is 8.43. The zero-order valence-corrected chi connectivity index (χ0v) is 16.7. The van der Waals surface area contributed by atoms with Gasteiger partial charge in [0.15, 0.2) is 0 Å². The fourth-order valence-electron chi connectivity index (χ4n) is 3.57. The average molecular weight is 397 g/mol. The van der Waals surface area contributed by atoms with Crippen molar-refractivity contribution in [2.45, 2.75) is 20.3 Å². The Morgan fingerprint density at radius 1 is 1.14 bits per heavy atom. The van der Waals surface area contributed by atoms with E-state index in [1.807, 2.05) is 32.0 Å². The van der Waals surface area contributed by atoms with Gasteiger partial charge in [-0.3, -0.25) is 14.4 Å². The van der Waals surface area contributed by atoms with Crippen LogP contribution in [0.5, 0.6) is 0 Å². The molecule has 0 radical (unpaired) electrons. The number of aryl methyl sites for hydroxylation is 2. The number of amides is 3. The van der Waals surface area contributed by atoms with Crippen molar-refractivity contribution in [3.63, 3.8) is 0 Å². The molecule has 6 nitrogen and oxygen atoms in total. The first-order chi connectivity index (χ1) is 13.8. The number of benzene rings is 2. The van der Waals surface area contributed by atoms with E-state index in [4.69, 9.17) is 0 Å². The fourth-order valence-corrected chi connectivity index (χ4v) is 3.57. The Labute approximate surface area is 169 Å². The molecule has 1 N–H and O–H groups in total. The van der Waals surface area contributed by atoms with E-state index in [9.17, 15) is 18.8 Å². The van der Waals surface area contributed by atoms with E-state index < -0.39 is 11.7 Å². The summed E-state index contributed by atoms with van der Waals surface area (Å²) in [6, 6.07) is 11.7. The van der Waals surface area contributed by atoms with Gasteiger partial charge in [0, 0.05) is 25.7 Å². The molecule has 0 unspecified atom stereocenters. The van der Waals surface area contributed by atoms with Gasteiger partial charge in [-0.15, -0.1) is 0 Å². The molecule has 0 bridgehead atoms. The van der Waals surface area contributed by atoms with Gasteiger partial charge in [0.1, 0.15) is 5.82 Å². The number of hydrogen-bond acceptors (Lipinski definition) is 3. The van der Waals surface area contributed by atoms with E-state index in [2.05, 4.69) is 5.32 Å². The Morgan fingerprint density at radius 3 is 2.45 bits per heavy atom. The summed E-state index contributed by atoms with van der Waals surface area (Å²) in [5.74, 6) is -2.04. The van der Waals surface area contributed by atoms with Gasteiger partial charge in [0.05, 0.1) is 18.2 Å². The highest BCUT2D eigenvalue weighted by atomic mass is 19.1. The minimum atomic E-state index is -0.611. The normalized spacial score (nSPS) is 16.1. The Hall–Kier alpha value is -3.22. The Morgan fingerprint density at radius 2 is 1.79 bits per heavy atom. The zero-order chi connectivity index (χ0) is 21.1. The lowest BCUT2D eigenvalue weighted by Crippen LogP contribution is -2.39. The molecule has 0 aliphatic carbocycles. The lowest BCUT2D eigenvalue weighted by atomic mass is 10.1. The molecule has 2 aromatic carbocycles. The number of hydrogen-bond donors (Lipinski definition) is 1. The lowest BCUT2D eigenvalue weighted by molar-refractivity contribution is -0.137. The molecular formula is C22H24FN3O3. The van der Waals surface area contributed by atoms with Crippen LogP contribution in [0.2, 0.25) is 0 Å². The maximum atomic E-state index is 14.0. The Balaban J connectivity index is 1.62. The summed E-state index contributed by atoms with van der Waals surface area (Å²) >= 11 is 0. The second-order valence-electron chi connectivity index (χ2n) is 7.37. The van der Waals surface area contributed by atoms with Crippen LogP contribution in [0, 0.1) is 25.6 Å². The summed E-state index contributed by atoms with van der Waals surface area (Å²) in [6.07, 6.45) is -0.00394. The van der Waals surface area contributed by atoms with Crippen LogP contribution >= 0.6 is 0 Å². The standard InChI is InChI=1S/C22H24FN3O3/c1-14-7-6-8-15(2)21(14)24-19(27)13-25(3)22(29)16-11-20(28)26(12-16)18-10-5-4-9-17(18)23/h4-10,16H,11-13H2,1-3H3,(H,24,27)/t16-/m0/s1. The molecule has 0 aromatic heterocycles. The molecule has 152 valence electrons. The topological polar surface area (TPSA) is 69.7 Å². The predicted octanol–water partition coefficient (Wildman–Crippen LogP) is 2.89. The number of anilines is 2. The molecule has 29 heavy (non-hydrogen) atoms. The lowest BCUT2D eigenvalue weighted by Gasteiger charge is -2.22. The molecule has 1 fully saturated rings. The molecule has 0 saturated carbocycles. The number of rotatable bonds is 5. The minimum absolute atomic E-state index is 0.00394. The number of carbonyl (C=O) groups excluding carboxylic acids is 3. The third-order valence-electron chi connectivity index (χ3n) is 5.12. The summed E-state index contributed by atoms with van der Waals surface area (Å²) in [6.45, 7) is 3.77. The molecule has 1 aliphatic heterocycles. The van der Waals surface area contributed by atoms with Crippen LogP contribution in [0.15, 0.2) is 42.5 Å². The van der Waals surface area contributed by atoms with Crippen molar-refractivity contribution in [2.75, 3.05) is 30.4 Å². The van der Waals surface area contributed by atoms with Crippen LogP contribution in [-0.2, 0) is 14.4 Å². The van der Waals surface area contributed by atoms with E-state index in [-0.39, 0.29) is 42.9 Å². The molecule has 1 saturated heterocycles. The smallest absolute Gasteiger partial charge is 0.243 e. The number of nitrogens with one attached hydrogen (secondary N) is 1. The van der Waals surface area contributed by atoms with Crippen LogP contribution in [0.3, 0.4) is 0 Å². The van der Waals surface area contributed by atoms with Crippen molar-refractivity contribution in [3.8, 4) is 0 Å². The first-order valence-electron chi connectivity index (χ1n) is 9.44. The van der Waals surface area contributed by atoms with Gasteiger partial charge in [-0.25, -0.2) is 4.39 Å². The summed E-state index contributed by atoms with van der Waals surface area (Å²) in [5.41, 5.74) is 2.78. The predicted molar refractivity (Wildman–Crippen MR) is 109 cm³/mol. The molecule has 7 heteroatoms. The van der Waals surface area contributed by atoms with Crippen molar-refractivity contribution in [1.82, 2.24) is 4.90 Å². The number of para-hydroxylation sites is 2. The molecular weight excluding hydrogens is 373 g/mol. The third-order valence-corrected chi connectivity index (χ3v) is 5.12. The maximum Gasteiger partial charge on any atom is 0.243 e. The van der Waals surface area contributed by atoms with Crippen LogP contribution < -0.4 is 10.2 Å². The second-order valence-corrected chi connectivity index (χ2v) is 7.37. The average Bonchev–Trinajstić information content (AvgIpc) is 3.06. The van der Waals surface area contributed by atoms with E-state index >= 15 is 0 Å². The molecule has 1 atom stereocenters. The van der Waals surface area contributed by atoms with Crippen LogP contribution in [-0.4, -0.2) is 42.8 Å². The number of nitrogens with zero attached hydrogens (tertiary/aromatic N) is 2. The van der Waals surface area contributed by atoms with Gasteiger partial charge in [0.25, 0.3) is 0 Å². The first-order valence-corrected chi connectivity index (χ1v) is 9.44. The number of carbonyl (C=O) groups is 3. The first kappa shape index (κ1) is 20.5. The SMILES string of the molecule is Cc1cccc(C)c1NC(=O)CN(C)C(=O)[C@H]1CC(=O)N(c2ccccc2F)C1.